The normalized spacial score (nSPS) is 13.5. The van der Waals surface area contributed by atoms with Gasteiger partial charge in [0.1, 0.15) is 5.82 Å². The van der Waals surface area contributed by atoms with Gasteiger partial charge in [-0.1, -0.05) is 6.07 Å². The summed E-state index contributed by atoms with van der Waals surface area (Å²) in [6, 6.07) is 16.3. The summed E-state index contributed by atoms with van der Waals surface area (Å²) >= 11 is 0. The van der Waals surface area contributed by atoms with Crippen LogP contribution >= 0.6 is 0 Å². The lowest BCUT2D eigenvalue weighted by Gasteiger charge is -2.18. The molecule has 9 heteroatoms. The van der Waals surface area contributed by atoms with E-state index in [9.17, 15) is 13.2 Å². The standard InChI is InChI=1S/C26H27N5O3S/c1-18-7-10-21(15-19(18)2)31-25(29-13-5-6-14-29)23-16-30(17-24(23)27-31)26(32)20-8-11-22(12-9-20)35(33,34)28(3)4/h5-15H,16-17H2,1-4H3. The van der Waals surface area contributed by atoms with Gasteiger partial charge < -0.3 is 9.47 Å². The van der Waals surface area contributed by atoms with Crippen LogP contribution in [0.5, 0.6) is 0 Å². The fourth-order valence-corrected chi connectivity index (χ4v) is 5.19. The molecule has 180 valence electrons. The third-order valence-corrected chi connectivity index (χ3v) is 8.31. The van der Waals surface area contributed by atoms with Gasteiger partial charge in [0, 0.05) is 37.6 Å². The van der Waals surface area contributed by atoms with Crippen LogP contribution in [0.25, 0.3) is 11.5 Å². The number of fused-ring (bicyclic) bond motifs is 1. The van der Waals surface area contributed by atoms with Crippen molar-refractivity contribution in [1.82, 2.24) is 23.6 Å². The number of amides is 1. The smallest absolute Gasteiger partial charge is 0.254 e. The second-order valence-corrected chi connectivity index (χ2v) is 11.1. The van der Waals surface area contributed by atoms with E-state index in [4.69, 9.17) is 5.10 Å². The Labute approximate surface area is 205 Å². The lowest BCUT2D eigenvalue weighted by atomic mass is 10.1. The van der Waals surface area contributed by atoms with Gasteiger partial charge in [-0.05, 0) is 73.5 Å². The van der Waals surface area contributed by atoms with Crippen molar-refractivity contribution in [2.45, 2.75) is 31.8 Å². The molecule has 1 aliphatic heterocycles. The number of sulfonamides is 1. The number of aromatic nitrogens is 3. The maximum absolute atomic E-state index is 13.3. The van der Waals surface area contributed by atoms with Gasteiger partial charge in [0.2, 0.25) is 10.0 Å². The highest BCUT2D eigenvalue weighted by atomic mass is 32.2. The average molecular weight is 490 g/mol. The number of hydrogen-bond donors (Lipinski definition) is 0. The first kappa shape index (κ1) is 23.1. The number of carbonyl (C=O) groups is 1. The zero-order chi connectivity index (χ0) is 24.9. The fraction of sp³-hybridized carbons (Fsp3) is 0.231. The van der Waals surface area contributed by atoms with E-state index in [1.807, 2.05) is 33.8 Å². The quantitative estimate of drug-likeness (QED) is 0.428. The van der Waals surface area contributed by atoms with Gasteiger partial charge in [0.05, 0.1) is 29.4 Å². The SMILES string of the molecule is Cc1ccc(-n2nc3c(c2-n2cccc2)CN(C(=O)c2ccc(S(=O)(=O)N(C)C)cc2)C3)cc1C. The molecule has 35 heavy (non-hydrogen) atoms. The molecule has 2 aromatic heterocycles. The zero-order valence-corrected chi connectivity index (χ0v) is 21.0. The predicted octanol–water partition coefficient (Wildman–Crippen LogP) is 3.69. The second kappa shape index (κ2) is 8.51. The molecule has 0 atom stereocenters. The molecule has 8 nitrogen and oxygen atoms in total. The van der Waals surface area contributed by atoms with Crippen molar-refractivity contribution in [1.29, 1.82) is 0 Å². The number of hydrogen-bond acceptors (Lipinski definition) is 4. The van der Waals surface area contributed by atoms with E-state index < -0.39 is 10.0 Å². The third-order valence-electron chi connectivity index (χ3n) is 6.48. The van der Waals surface area contributed by atoms with Crippen LogP contribution in [-0.4, -0.2) is 52.0 Å². The van der Waals surface area contributed by atoms with Crippen molar-refractivity contribution in [3.05, 3.63) is 94.9 Å². The minimum atomic E-state index is -3.55. The molecule has 0 fully saturated rings. The van der Waals surface area contributed by atoms with Crippen LogP contribution in [0.2, 0.25) is 0 Å². The van der Waals surface area contributed by atoms with Gasteiger partial charge in [-0.3, -0.25) is 4.79 Å². The molecule has 0 saturated heterocycles. The molecule has 2 aromatic carbocycles. The van der Waals surface area contributed by atoms with Gasteiger partial charge in [-0.25, -0.2) is 17.4 Å². The van der Waals surface area contributed by atoms with Gasteiger partial charge in [0.25, 0.3) is 5.91 Å². The molecule has 4 aromatic rings. The maximum Gasteiger partial charge on any atom is 0.254 e. The highest BCUT2D eigenvalue weighted by molar-refractivity contribution is 7.89. The molecule has 0 N–H and O–H groups in total. The predicted molar refractivity (Wildman–Crippen MR) is 133 cm³/mol. The van der Waals surface area contributed by atoms with Crippen LogP contribution < -0.4 is 0 Å². The van der Waals surface area contributed by atoms with Crippen LogP contribution in [0.15, 0.2) is 71.9 Å². The molecule has 1 amide bonds. The van der Waals surface area contributed by atoms with Crippen LogP contribution in [-0.2, 0) is 23.1 Å². The summed E-state index contributed by atoms with van der Waals surface area (Å²) in [6.45, 7) is 4.98. The molecular formula is C26H27N5O3S. The number of rotatable bonds is 5. The minimum Gasteiger partial charge on any atom is -0.328 e. The van der Waals surface area contributed by atoms with Crippen molar-refractivity contribution < 1.29 is 13.2 Å². The Hall–Kier alpha value is -3.69. The first-order chi connectivity index (χ1) is 16.7. The Morgan fingerprint density at radius 3 is 2.26 bits per heavy atom. The number of nitrogens with zero attached hydrogens (tertiary/aromatic N) is 5. The molecule has 0 bridgehead atoms. The summed E-state index contributed by atoms with van der Waals surface area (Å²) in [4.78, 5) is 15.2. The Morgan fingerprint density at radius 2 is 1.63 bits per heavy atom. The van der Waals surface area contributed by atoms with Crippen LogP contribution in [0.3, 0.4) is 0 Å². The summed E-state index contributed by atoms with van der Waals surface area (Å²) in [7, 11) is -0.585. The highest BCUT2D eigenvalue weighted by Gasteiger charge is 2.32. The molecule has 1 aliphatic rings. The summed E-state index contributed by atoms with van der Waals surface area (Å²) in [5.41, 5.74) is 5.68. The van der Waals surface area contributed by atoms with Gasteiger partial charge in [-0.15, -0.1) is 0 Å². The van der Waals surface area contributed by atoms with Crippen LogP contribution in [0.4, 0.5) is 0 Å². The van der Waals surface area contributed by atoms with E-state index in [-0.39, 0.29) is 10.8 Å². The number of aryl methyl sites for hydroxylation is 2. The molecule has 0 radical (unpaired) electrons. The van der Waals surface area contributed by atoms with Gasteiger partial charge in [-0.2, -0.15) is 5.10 Å². The topological polar surface area (TPSA) is 80.4 Å². The third kappa shape index (κ3) is 3.96. The molecule has 0 aliphatic carbocycles. The number of benzene rings is 2. The molecule has 0 spiro atoms. The fourth-order valence-electron chi connectivity index (χ4n) is 4.29. The minimum absolute atomic E-state index is 0.156. The first-order valence-corrected chi connectivity index (χ1v) is 12.7. The lowest BCUT2D eigenvalue weighted by Crippen LogP contribution is -2.26. The Morgan fingerprint density at radius 1 is 0.943 bits per heavy atom. The van der Waals surface area contributed by atoms with Gasteiger partial charge >= 0.3 is 0 Å². The molecule has 5 rings (SSSR count). The van der Waals surface area contributed by atoms with E-state index in [0.29, 0.717) is 18.7 Å². The van der Waals surface area contributed by atoms with Gasteiger partial charge in [0.15, 0.2) is 0 Å². The second-order valence-electron chi connectivity index (χ2n) is 8.99. The summed E-state index contributed by atoms with van der Waals surface area (Å²) in [6.07, 6.45) is 3.95. The zero-order valence-electron chi connectivity index (χ0n) is 20.1. The first-order valence-electron chi connectivity index (χ1n) is 11.3. The van der Waals surface area contributed by atoms with E-state index >= 15 is 0 Å². The largest absolute Gasteiger partial charge is 0.328 e. The summed E-state index contributed by atoms with van der Waals surface area (Å²) < 4.78 is 29.8. The summed E-state index contributed by atoms with van der Waals surface area (Å²) in [5.74, 6) is 0.754. The molecular weight excluding hydrogens is 462 g/mol. The van der Waals surface area contributed by atoms with E-state index in [0.717, 1.165) is 27.1 Å². The maximum atomic E-state index is 13.3. The van der Waals surface area contributed by atoms with Crippen LogP contribution in [0.1, 0.15) is 32.7 Å². The van der Waals surface area contributed by atoms with Crippen molar-refractivity contribution in [3.63, 3.8) is 0 Å². The van der Waals surface area contributed by atoms with Crippen molar-refractivity contribution >= 4 is 15.9 Å². The Kier molecular flexibility index (Phi) is 5.61. The van der Waals surface area contributed by atoms with Crippen molar-refractivity contribution in [3.8, 4) is 11.5 Å². The lowest BCUT2D eigenvalue weighted by molar-refractivity contribution is 0.0749. The van der Waals surface area contributed by atoms with Crippen molar-refractivity contribution in [2.24, 2.45) is 0 Å². The molecule has 3 heterocycles. The average Bonchev–Trinajstić information content (AvgIpc) is 3.56. The highest BCUT2D eigenvalue weighted by Crippen LogP contribution is 2.32. The number of carbonyl (C=O) groups excluding carboxylic acids is 1. The Balaban J connectivity index is 1.46. The Bertz CT molecular complexity index is 1520. The van der Waals surface area contributed by atoms with E-state index in [1.165, 1.54) is 37.4 Å². The van der Waals surface area contributed by atoms with E-state index in [2.05, 4.69) is 32.0 Å². The van der Waals surface area contributed by atoms with Crippen molar-refractivity contribution in [2.75, 3.05) is 14.1 Å². The summed E-state index contributed by atoms with van der Waals surface area (Å²) in [5, 5.41) is 4.90. The molecule has 0 unspecified atom stereocenters. The van der Waals surface area contributed by atoms with Crippen LogP contribution in [0, 0.1) is 13.8 Å². The molecule has 0 saturated carbocycles. The monoisotopic (exact) mass is 489 g/mol. The van der Waals surface area contributed by atoms with E-state index in [1.54, 1.807) is 17.0 Å².